The summed E-state index contributed by atoms with van der Waals surface area (Å²) in [5.41, 5.74) is 0. The highest BCUT2D eigenvalue weighted by atomic mass is 16.5. The molecule has 1 N–H and O–H groups in total. The molecule has 5 nitrogen and oxygen atoms in total. The minimum absolute atomic E-state index is 0.111. The summed E-state index contributed by atoms with van der Waals surface area (Å²) in [6, 6.07) is 0. The van der Waals surface area contributed by atoms with Gasteiger partial charge in [0.25, 0.3) is 0 Å². The lowest BCUT2D eigenvalue weighted by molar-refractivity contribution is -0.157. The molecule has 0 radical (unpaired) electrons. The van der Waals surface area contributed by atoms with Crippen molar-refractivity contribution in [3.63, 3.8) is 0 Å². The van der Waals surface area contributed by atoms with Crippen molar-refractivity contribution in [2.45, 2.75) is 97.5 Å². The van der Waals surface area contributed by atoms with Crippen LogP contribution in [0.4, 0.5) is 0 Å². The van der Waals surface area contributed by atoms with E-state index in [4.69, 9.17) is 0 Å². The molecule has 0 amide bonds. The lowest BCUT2D eigenvalue weighted by atomic mass is 9.89. The first-order valence-corrected chi connectivity index (χ1v) is 11.5. The first-order valence-electron chi connectivity index (χ1n) is 11.5. The zero-order valence-corrected chi connectivity index (χ0v) is 18.5. The fourth-order valence-corrected chi connectivity index (χ4v) is 4.16. The van der Waals surface area contributed by atoms with E-state index in [0.717, 1.165) is 38.0 Å². The van der Waals surface area contributed by atoms with Crippen LogP contribution in [0.15, 0.2) is 12.2 Å². The molecular weight excluding hydrogens is 368 g/mol. The van der Waals surface area contributed by atoms with Gasteiger partial charge in [-0.25, -0.2) is 4.79 Å². The Balaban J connectivity index is 2.28. The molecule has 29 heavy (non-hydrogen) atoms. The van der Waals surface area contributed by atoms with Gasteiger partial charge in [-0.2, -0.15) is 0 Å². The van der Waals surface area contributed by atoms with E-state index in [0.29, 0.717) is 24.5 Å². The van der Waals surface area contributed by atoms with Crippen molar-refractivity contribution >= 4 is 17.5 Å². The van der Waals surface area contributed by atoms with E-state index in [1.54, 1.807) is 6.92 Å². The maximum absolute atomic E-state index is 12.2. The lowest BCUT2D eigenvalue weighted by Gasteiger charge is -2.15. The summed E-state index contributed by atoms with van der Waals surface area (Å²) >= 11 is 0. The van der Waals surface area contributed by atoms with Crippen LogP contribution in [0.2, 0.25) is 0 Å². The fourth-order valence-electron chi connectivity index (χ4n) is 4.16. The summed E-state index contributed by atoms with van der Waals surface area (Å²) in [7, 11) is 0. The molecule has 2 unspecified atom stereocenters. The van der Waals surface area contributed by atoms with Crippen LogP contribution < -0.4 is 0 Å². The minimum Gasteiger partial charge on any atom is -0.464 e. The zero-order chi connectivity index (χ0) is 21.6. The SMILES string of the molecule is CCCC(C)CCC=C[C@H]1CCC(=O)[C@@H]1CCCCCC(=O)C(O)C(=O)OCC. The van der Waals surface area contributed by atoms with Crippen molar-refractivity contribution in [3.05, 3.63) is 12.2 Å². The van der Waals surface area contributed by atoms with Gasteiger partial charge in [0.15, 0.2) is 5.78 Å². The van der Waals surface area contributed by atoms with Crippen molar-refractivity contribution in [1.29, 1.82) is 0 Å². The summed E-state index contributed by atoms with van der Waals surface area (Å²) < 4.78 is 4.65. The van der Waals surface area contributed by atoms with Gasteiger partial charge in [0, 0.05) is 18.8 Å². The number of rotatable bonds is 15. The van der Waals surface area contributed by atoms with Crippen molar-refractivity contribution in [1.82, 2.24) is 0 Å². The monoisotopic (exact) mass is 408 g/mol. The number of ether oxygens (including phenoxy) is 1. The van der Waals surface area contributed by atoms with Crippen molar-refractivity contribution in [2.24, 2.45) is 17.8 Å². The molecule has 0 aromatic rings. The molecule has 1 saturated carbocycles. The van der Waals surface area contributed by atoms with Crippen LogP contribution in [0.5, 0.6) is 0 Å². The molecule has 4 atom stereocenters. The number of aliphatic hydroxyl groups is 1. The lowest BCUT2D eigenvalue weighted by Crippen LogP contribution is -2.31. The predicted octanol–water partition coefficient (Wildman–Crippen LogP) is 4.80. The Bertz CT molecular complexity index is 539. The van der Waals surface area contributed by atoms with Crippen LogP contribution in [0.3, 0.4) is 0 Å². The molecule has 0 aromatic heterocycles. The van der Waals surface area contributed by atoms with E-state index >= 15 is 0 Å². The Morgan fingerprint density at radius 3 is 2.66 bits per heavy atom. The van der Waals surface area contributed by atoms with Crippen LogP contribution in [0.25, 0.3) is 0 Å². The Hall–Kier alpha value is -1.49. The molecule has 1 fully saturated rings. The maximum atomic E-state index is 12.2. The topological polar surface area (TPSA) is 80.7 Å². The number of allylic oxidation sites excluding steroid dienone is 2. The van der Waals surface area contributed by atoms with Crippen LogP contribution in [-0.2, 0) is 19.1 Å². The second-order valence-corrected chi connectivity index (χ2v) is 8.39. The summed E-state index contributed by atoms with van der Waals surface area (Å²) in [6.45, 7) is 6.30. The standard InChI is InChI=1S/C24H40O5/c1-4-11-18(3)12-9-10-13-19-16-17-21(25)20(19)14-7-6-8-15-22(26)23(27)24(28)29-5-2/h10,13,18-20,23,27H,4-9,11-12,14-17H2,1-3H3/t18?,19-,20+,23?/m0/s1. The van der Waals surface area contributed by atoms with Crippen LogP contribution >= 0.6 is 0 Å². The summed E-state index contributed by atoms with van der Waals surface area (Å²) in [5, 5.41) is 9.61. The number of hydrogen-bond acceptors (Lipinski definition) is 5. The number of Topliss-reactive ketones (excluding diaryl/α,β-unsaturated/α-hetero) is 2. The number of unbranched alkanes of at least 4 members (excludes halogenated alkanes) is 2. The Morgan fingerprint density at radius 1 is 1.21 bits per heavy atom. The van der Waals surface area contributed by atoms with E-state index in [-0.39, 0.29) is 18.9 Å². The number of hydrogen-bond donors (Lipinski definition) is 1. The normalized spacial score (nSPS) is 21.4. The first kappa shape index (κ1) is 25.5. The van der Waals surface area contributed by atoms with Crippen molar-refractivity contribution in [2.75, 3.05) is 6.61 Å². The number of carbonyl (C=O) groups excluding carboxylic acids is 3. The highest BCUT2D eigenvalue weighted by Crippen LogP contribution is 2.34. The second kappa shape index (κ2) is 14.5. The number of esters is 1. The van der Waals surface area contributed by atoms with Gasteiger partial charge in [-0.3, -0.25) is 9.59 Å². The third kappa shape index (κ3) is 9.70. The van der Waals surface area contributed by atoms with Gasteiger partial charge < -0.3 is 9.84 Å². The fraction of sp³-hybridized carbons (Fsp3) is 0.792. The van der Waals surface area contributed by atoms with Crippen molar-refractivity contribution in [3.8, 4) is 0 Å². The smallest absolute Gasteiger partial charge is 0.342 e. The second-order valence-electron chi connectivity index (χ2n) is 8.39. The number of ketones is 2. The number of carbonyl (C=O) groups is 3. The molecule has 0 bridgehead atoms. The molecule has 0 aliphatic heterocycles. The van der Waals surface area contributed by atoms with E-state index in [1.807, 2.05) is 0 Å². The molecule has 166 valence electrons. The highest BCUT2D eigenvalue weighted by molar-refractivity contribution is 6.01. The zero-order valence-electron chi connectivity index (χ0n) is 18.5. The first-order chi connectivity index (χ1) is 13.9. The van der Waals surface area contributed by atoms with Gasteiger partial charge in [-0.15, -0.1) is 0 Å². The van der Waals surface area contributed by atoms with E-state index in [9.17, 15) is 19.5 Å². The van der Waals surface area contributed by atoms with Crippen LogP contribution in [-0.4, -0.2) is 35.4 Å². The van der Waals surface area contributed by atoms with Crippen LogP contribution in [0, 0.1) is 17.8 Å². The average Bonchev–Trinajstić information content (AvgIpc) is 3.04. The van der Waals surface area contributed by atoms with E-state index < -0.39 is 17.9 Å². The summed E-state index contributed by atoms with van der Waals surface area (Å²) in [4.78, 5) is 35.4. The summed E-state index contributed by atoms with van der Waals surface area (Å²) in [5.74, 6) is 0.242. The molecule has 0 heterocycles. The molecular formula is C24H40O5. The maximum Gasteiger partial charge on any atom is 0.342 e. The molecule has 0 aromatic carbocycles. The van der Waals surface area contributed by atoms with Gasteiger partial charge in [0.2, 0.25) is 6.10 Å². The highest BCUT2D eigenvalue weighted by Gasteiger charge is 2.32. The van der Waals surface area contributed by atoms with Gasteiger partial charge in [-0.1, -0.05) is 51.7 Å². The van der Waals surface area contributed by atoms with Crippen molar-refractivity contribution < 1.29 is 24.2 Å². The number of aliphatic hydroxyl groups excluding tert-OH is 1. The van der Waals surface area contributed by atoms with Gasteiger partial charge in [-0.05, 0) is 50.9 Å². The molecule has 5 heteroatoms. The minimum atomic E-state index is -1.67. The van der Waals surface area contributed by atoms with Gasteiger partial charge in [0.1, 0.15) is 5.78 Å². The van der Waals surface area contributed by atoms with E-state index in [2.05, 4.69) is 30.7 Å². The quantitative estimate of drug-likeness (QED) is 0.182. The third-order valence-corrected chi connectivity index (χ3v) is 5.90. The molecule has 1 aliphatic rings. The van der Waals surface area contributed by atoms with Gasteiger partial charge >= 0.3 is 5.97 Å². The molecule has 1 rings (SSSR count). The molecule has 0 spiro atoms. The largest absolute Gasteiger partial charge is 0.464 e. The molecule has 0 saturated heterocycles. The van der Waals surface area contributed by atoms with Gasteiger partial charge in [0.05, 0.1) is 6.61 Å². The van der Waals surface area contributed by atoms with Crippen LogP contribution in [0.1, 0.15) is 91.4 Å². The molecule has 1 aliphatic carbocycles. The third-order valence-electron chi connectivity index (χ3n) is 5.90. The predicted molar refractivity (Wildman–Crippen MR) is 114 cm³/mol. The summed E-state index contributed by atoms with van der Waals surface area (Å²) in [6.07, 6.45) is 12.6. The average molecular weight is 409 g/mol. The Labute approximate surface area is 176 Å². The Kier molecular flexibility index (Phi) is 12.8. The van der Waals surface area contributed by atoms with E-state index in [1.165, 1.54) is 19.3 Å². The Morgan fingerprint density at radius 2 is 1.97 bits per heavy atom.